The van der Waals surface area contributed by atoms with Crippen molar-refractivity contribution in [1.29, 1.82) is 5.26 Å². The first-order valence-corrected chi connectivity index (χ1v) is 6.15. The van der Waals surface area contributed by atoms with Gasteiger partial charge in [-0.15, -0.1) is 0 Å². The van der Waals surface area contributed by atoms with E-state index in [1.54, 1.807) is 0 Å². The molecule has 1 N–H and O–H groups in total. The van der Waals surface area contributed by atoms with Crippen molar-refractivity contribution in [3.63, 3.8) is 0 Å². The molecule has 1 aromatic carbocycles. The number of nitriles is 1. The number of nitrogens with zero attached hydrogens (tertiary/aromatic N) is 2. The molecule has 3 nitrogen and oxygen atoms in total. The quantitative estimate of drug-likeness (QED) is 0.828. The fourth-order valence-corrected chi connectivity index (χ4v) is 2.95. The molecule has 3 rings (SSSR count). The molecule has 0 saturated carbocycles. The molecule has 0 amide bonds. The number of aromatic nitrogens is 2. The Labute approximate surface area is 106 Å². The van der Waals surface area contributed by atoms with E-state index >= 15 is 0 Å². The van der Waals surface area contributed by atoms with Crippen LogP contribution in [0, 0.1) is 11.3 Å². The van der Waals surface area contributed by atoms with Crippen molar-refractivity contribution in [2.75, 3.05) is 0 Å². The Morgan fingerprint density at radius 2 is 2.28 bits per heavy atom. The van der Waals surface area contributed by atoms with E-state index < -0.39 is 0 Å². The summed E-state index contributed by atoms with van der Waals surface area (Å²) < 4.78 is 0. The van der Waals surface area contributed by atoms with Crippen LogP contribution < -0.4 is 0 Å². The molecule has 0 saturated heterocycles. The Morgan fingerprint density at radius 3 is 3.06 bits per heavy atom. The second-order valence-electron chi connectivity index (χ2n) is 5.58. The second-order valence-corrected chi connectivity index (χ2v) is 5.58. The van der Waals surface area contributed by atoms with E-state index in [4.69, 9.17) is 5.26 Å². The molecule has 3 heteroatoms. The van der Waals surface area contributed by atoms with E-state index in [2.05, 4.69) is 36.2 Å². The number of benzene rings is 1. The summed E-state index contributed by atoms with van der Waals surface area (Å²) in [5.41, 5.74) is 4.56. The lowest BCUT2D eigenvalue weighted by atomic mass is 9.86. The average molecular weight is 237 g/mol. The zero-order valence-electron chi connectivity index (χ0n) is 10.6. The van der Waals surface area contributed by atoms with Crippen LogP contribution in [0.25, 0.3) is 0 Å². The summed E-state index contributed by atoms with van der Waals surface area (Å²) in [5, 5.41) is 16.3. The lowest BCUT2D eigenvalue weighted by Crippen LogP contribution is -2.14. The Hall–Kier alpha value is -2.08. The number of hydrogen-bond donors (Lipinski definition) is 1. The maximum atomic E-state index is 8.99. The summed E-state index contributed by atoms with van der Waals surface area (Å²) >= 11 is 0. The molecule has 1 heterocycles. The predicted molar refractivity (Wildman–Crippen MR) is 69.2 cm³/mol. The summed E-state index contributed by atoms with van der Waals surface area (Å²) in [4.78, 5) is 0. The zero-order chi connectivity index (χ0) is 12.8. The maximum absolute atomic E-state index is 8.99. The van der Waals surface area contributed by atoms with E-state index in [0.29, 0.717) is 5.92 Å². The van der Waals surface area contributed by atoms with Crippen LogP contribution in [-0.4, -0.2) is 10.2 Å². The van der Waals surface area contributed by atoms with Crippen LogP contribution in [0.15, 0.2) is 30.5 Å². The first-order chi connectivity index (χ1) is 8.62. The molecule has 90 valence electrons. The highest BCUT2D eigenvalue weighted by atomic mass is 15.1. The van der Waals surface area contributed by atoms with E-state index in [0.717, 1.165) is 12.0 Å². The largest absolute Gasteiger partial charge is 0.282 e. The van der Waals surface area contributed by atoms with Crippen LogP contribution in [-0.2, 0) is 5.41 Å². The minimum atomic E-state index is 0.124. The Kier molecular flexibility index (Phi) is 2.27. The van der Waals surface area contributed by atoms with Gasteiger partial charge < -0.3 is 0 Å². The Bertz CT molecular complexity index is 631. The van der Waals surface area contributed by atoms with Crippen molar-refractivity contribution in [2.24, 2.45) is 0 Å². The van der Waals surface area contributed by atoms with Gasteiger partial charge in [0.15, 0.2) is 0 Å². The molecule has 1 atom stereocenters. The van der Waals surface area contributed by atoms with E-state index in [1.165, 1.54) is 16.8 Å². The van der Waals surface area contributed by atoms with Gasteiger partial charge in [0.05, 0.1) is 17.8 Å². The van der Waals surface area contributed by atoms with E-state index in [1.807, 2.05) is 24.4 Å². The highest BCUT2D eigenvalue weighted by molar-refractivity contribution is 5.45. The van der Waals surface area contributed by atoms with Crippen molar-refractivity contribution in [3.8, 4) is 6.07 Å². The first-order valence-electron chi connectivity index (χ1n) is 6.15. The number of H-pyrrole nitrogens is 1. The third-order valence-electron chi connectivity index (χ3n) is 3.85. The van der Waals surface area contributed by atoms with Gasteiger partial charge >= 0.3 is 0 Å². The van der Waals surface area contributed by atoms with Gasteiger partial charge in [-0.2, -0.15) is 10.4 Å². The van der Waals surface area contributed by atoms with E-state index in [-0.39, 0.29) is 5.41 Å². The zero-order valence-corrected chi connectivity index (χ0v) is 10.6. The van der Waals surface area contributed by atoms with Gasteiger partial charge in [0.25, 0.3) is 0 Å². The van der Waals surface area contributed by atoms with Gasteiger partial charge in [-0.1, -0.05) is 26.0 Å². The summed E-state index contributed by atoms with van der Waals surface area (Å²) in [6, 6.07) is 10.1. The summed E-state index contributed by atoms with van der Waals surface area (Å²) in [6.45, 7) is 4.47. The molecule has 1 unspecified atom stereocenters. The van der Waals surface area contributed by atoms with Gasteiger partial charge in [0.1, 0.15) is 0 Å². The Balaban J connectivity index is 2.08. The molecule has 0 radical (unpaired) electrons. The number of hydrogen-bond acceptors (Lipinski definition) is 2. The molecule has 0 bridgehead atoms. The topological polar surface area (TPSA) is 52.5 Å². The highest BCUT2D eigenvalue weighted by Crippen LogP contribution is 2.47. The second kappa shape index (κ2) is 3.71. The van der Waals surface area contributed by atoms with Crippen LogP contribution in [0.5, 0.6) is 0 Å². The average Bonchev–Trinajstić information content (AvgIpc) is 2.93. The van der Waals surface area contributed by atoms with Crippen LogP contribution >= 0.6 is 0 Å². The minimum absolute atomic E-state index is 0.124. The molecule has 0 fully saturated rings. The van der Waals surface area contributed by atoms with Gasteiger partial charge in [-0.05, 0) is 24.1 Å². The van der Waals surface area contributed by atoms with Crippen LogP contribution in [0.1, 0.15) is 48.6 Å². The molecule has 1 aromatic heterocycles. The van der Waals surface area contributed by atoms with Crippen molar-refractivity contribution in [3.05, 3.63) is 52.8 Å². The molecule has 0 spiro atoms. The van der Waals surface area contributed by atoms with E-state index in [9.17, 15) is 0 Å². The fraction of sp³-hybridized carbons (Fsp3) is 0.333. The maximum Gasteiger partial charge on any atom is 0.0991 e. The SMILES string of the molecule is CC1(C)CC(c2cccc(C#N)c2)c2cn[nH]c21. The number of rotatable bonds is 1. The third kappa shape index (κ3) is 1.53. The third-order valence-corrected chi connectivity index (χ3v) is 3.85. The lowest BCUT2D eigenvalue weighted by Gasteiger charge is -2.18. The lowest BCUT2D eigenvalue weighted by molar-refractivity contribution is 0.483. The highest BCUT2D eigenvalue weighted by Gasteiger charge is 2.39. The van der Waals surface area contributed by atoms with Crippen LogP contribution in [0.3, 0.4) is 0 Å². The fourth-order valence-electron chi connectivity index (χ4n) is 2.95. The first kappa shape index (κ1) is 11.0. The Morgan fingerprint density at radius 1 is 1.44 bits per heavy atom. The van der Waals surface area contributed by atoms with Crippen molar-refractivity contribution in [2.45, 2.75) is 31.6 Å². The van der Waals surface area contributed by atoms with Gasteiger partial charge in [0, 0.05) is 22.6 Å². The molecule has 0 aliphatic heterocycles. The number of fused-ring (bicyclic) bond motifs is 1. The van der Waals surface area contributed by atoms with Crippen LogP contribution in [0.4, 0.5) is 0 Å². The summed E-state index contributed by atoms with van der Waals surface area (Å²) in [7, 11) is 0. The summed E-state index contributed by atoms with van der Waals surface area (Å²) in [6.07, 6.45) is 2.99. The van der Waals surface area contributed by atoms with Crippen LogP contribution in [0.2, 0.25) is 0 Å². The van der Waals surface area contributed by atoms with Gasteiger partial charge in [-0.3, -0.25) is 5.10 Å². The van der Waals surface area contributed by atoms with Crippen molar-refractivity contribution < 1.29 is 0 Å². The number of nitrogens with one attached hydrogen (secondary N) is 1. The standard InChI is InChI=1S/C15H15N3/c1-15(2)7-12(13-9-17-18-14(13)15)11-5-3-4-10(6-11)8-16/h3-6,9,12H,7H2,1-2H3,(H,17,18). The molecular weight excluding hydrogens is 222 g/mol. The normalized spacial score (nSPS) is 20.4. The van der Waals surface area contributed by atoms with Gasteiger partial charge in [-0.25, -0.2) is 0 Å². The minimum Gasteiger partial charge on any atom is -0.282 e. The molecular formula is C15H15N3. The molecule has 1 aliphatic carbocycles. The number of aromatic amines is 1. The van der Waals surface area contributed by atoms with Crippen molar-refractivity contribution in [1.82, 2.24) is 10.2 Å². The molecule has 2 aromatic rings. The molecule has 18 heavy (non-hydrogen) atoms. The van der Waals surface area contributed by atoms with Gasteiger partial charge in [0.2, 0.25) is 0 Å². The predicted octanol–water partition coefficient (Wildman–Crippen LogP) is 3.09. The monoisotopic (exact) mass is 237 g/mol. The molecule has 1 aliphatic rings. The summed E-state index contributed by atoms with van der Waals surface area (Å²) in [5.74, 6) is 0.349. The van der Waals surface area contributed by atoms with Crippen molar-refractivity contribution >= 4 is 0 Å². The smallest absolute Gasteiger partial charge is 0.0991 e.